The smallest absolute Gasteiger partial charge is 0.422 e. The Morgan fingerprint density at radius 1 is 0.952 bits per heavy atom. The predicted octanol–water partition coefficient (Wildman–Crippen LogP) is 5.71. The number of ether oxygens (including phenoxy) is 2. The van der Waals surface area contributed by atoms with Gasteiger partial charge in [0.2, 0.25) is 5.95 Å². The van der Waals surface area contributed by atoms with Crippen LogP contribution in [0.15, 0.2) is 55.1 Å². The first-order valence-electron chi connectivity index (χ1n) is 14.3. The van der Waals surface area contributed by atoms with Crippen molar-refractivity contribution in [3.8, 4) is 11.8 Å². The van der Waals surface area contributed by atoms with Crippen LogP contribution in [0.25, 0.3) is 5.70 Å². The van der Waals surface area contributed by atoms with E-state index in [1.807, 2.05) is 48.5 Å². The molecule has 0 aliphatic carbocycles. The van der Waals surface area contributed by atoms with Crippen LogP contribution in [0.5, 0.6) is 11.8 Å². The van der Waals surface area contributed by atoms with Crippen LogP contribution in [0.2, 0.25) is 0 Å². The van der Waals surface area contributed by atoms with Gasteiger partial charge >= 0.3 is 12.2 Å². The largest absolute Gasteiger partial charge is 0.494 e. The van der Waals surface area contributed by atoms with E-state index in [0.29, 0.717) is 24.9 Å². The summed E-state index contributed by atoms with van der Waals surface area (Å²) in [6, 6.07) is 15.1. The van der Waals surface area contributed by atoms with Gasteiger partial charge in [-0.3, -0.25) is 0 Å². The monoisotopic (exact) mass is 584 g/mol. The minimum absolute atomic E-state index is 0.132. The van der Waals surface area contributed by atoms with Crippen molar-refractivity contribution in [3.05, 3.63) is 77.6 Å². The van der Waals surface area contributed by atoms with E-state index in [-0.39, 0.29) is 18.4 Å². The molecule has 4 aliphatic rings. The molecule has 7 rings (SSSR count). The van der Waals surface area contributed by atoms with Gasteiger partial charge in [0.15, 0.2) is 6.61 Å². The van der Waals surface area contributed by atoms with Crippen LogP contribution in [0.4, 0.5) is 19.1 Å². The molecule has 0 fully saturated rings. The maximum absolute atomic E-state index is 12.8. The zero-order valence-corrected chi connectivity index (χ0v) is 24.2. The second-order valence-corrected chi connectivity index (χ2v) is 10.8. The van der Waals surface area contributed by atoms with Crippen molar-refractivity contribution >= 4 is 11.6 Å². The van der Waals surface area contributed by atoms with Gasteiger partial charge in [-0.15, -0.1) is 0 Å². The molecule has 8 nitrogen and oxygen atoms in total. The van der Waals surface area contributed by atoms with Gasteiger partial charge < -0.3 is 25.0 Å². The van der Waals surface area contributed by atoms with Crippen LogP contribution in [-0.4, -0.2) is 65.4 Å². The second-order valence-electron chi connectivity index (χ2n) is 10.8. The van der Waals surface area contributed by atoms with E-state index in [0.717, 1.165) is 67.2 Å². The van der Waals surface area contributed by atoms with Crippen LogP contribution in [0.3, 0.4) is 0 Å². The molecule has 1 aromatic heterocycles. The molecule has 2 aromatic carbocycles. The van der Waals surface area contributed by atoms with Gasteiger partial charge in [-0.05, 0) is 54.1 Å². The van der Waals surface area contributed by atoms with Gasteiger partial charge in [-0.2, -0.15) is 28.1 Å². The van der Waals surface area contributed by atoms with Crippen molar-refractivity contribution < 1.29 is 22.6 Å². The Balaban J connectivity index is 1.53. The van der Waals surface area contributed by atoms with Gasteiger partial charge in [0, 0.05) is 38.3 Å². The maximum atomic E-state index is 12.8. The lowest BCUT2D eigenvalue weighted by atomic mass is 10.1. The van der Waals surface area contributed by atoms with Crippen LogP contribution in [-0.2, 0) is 13.0 Å². The van der Waals surface area contributed by atoms with Crippen molar-refractivity contribution in [2.45, 2.75) is 45.8 Å². The highest BCUT2D eigenvalue weighted by Crippen LogP contribution is 2.20. The minimum atomic E-state index is -4.51. The van der Waals surface area contributed by atoms with E-state index in [9.17, 15) is 13.2 Å². The molecule has 0 unspecified atom stereocenters. The Hall–Kier alpha value is -3.86. The Kier molecular flexibility index (Phi) is 11.0. The Morgan fingerprint density at radius 3 is 2.38 bits per heavy atom. The first-order chi connectivity index (χ1) is 20.1. The fourth-order valence-corrected chi connectivity index (χ4v) is 4.59. The molecule has 0 atom stereocenters. The van der Waals surface area contributed by atoms with Crippen molar-refractivity contribution in [1.82, 2.24) is 25.2 Å². The molecule has 0 saturated heterocycles. The molecular weight excluding hydrogens is 545 g/mol. The number of nitrogens with one attached hydrogen (secondary N) is 2. The molecule has 0 amide bonds. The summed E-state index contributed by atoms with van der Waals surface area (Å²) in [6.45, 7) is 11.9. The van der Waals surface area contributed by atoms with Gasteiger partial charge in [-0.25, -0.2) is 0 Å². The lowest BCUT2D eigenvalue weighted by Gasteiger charge is -2.24. The van der Waals surface area contributed by atoms with E-state index in [2.05, 4.69) is 50.9 Å². The maximum Gasteiger partial charge on any atom is 0.422 e. The van der Waals surface area contributed by atoms with E-state index >= 15 is 0 Å². The van der Waals surface area contributed by atoms with E-state index < -0.39 is 12.8 Å². The van der Waals surface area contributed by atoms with Crippen LogP contribution in [0, 0.1) is 5.92 Å². The van der Waals surface area contributed by atoms with Gasteiger partial charge in [0.25, 0.3) is 0 Å². The highest BCUT2D eigenvalue weighted by atomic mass is 19.4. The second kappa shape index (κ2) is 14.9. The Bertz CT molecular complexity index is 1280. The number of benzene rings is 2. The third-order valence-electron chi connectivity index (χ3n) is 6.57. The Labute approximate surface area is 245 Å². The number of halogens is 3. The van der Waals surface area contributed by atoms with Crippen molar-refractivity contribution in [2.24, 2.45) is 5.92 Å². The normalized spacial score (nSPS) is 15.9. The number of hydrogen-bond acceptors (Lipinski definition) is 8. The first-order valence-corrected chi connectivity index (χ1v) is 14.3. The number of hydrogen-bond donors (Lipinski definition) is 2. The average Bonchev–Trinajstić information content (AvgIpc) is 2.95. The molecule has 11 heteroatoms. The lowest BCUT2D eigenvalue weighted by molar-refractivity contribution is -0.154. The number of rotatable bonds is 4. The van der Waals surface area contributed by atoms with Crippen molar-refractivity contribution in [2.75, 3.05) is 44.7 Å². The zero-order valence-electron chi connectivity index (χ0n) is 24.2. The van der Waals surface area contributed by atoms with Crippen molar-refractivity contribution in [3.63, 3.8) is 0 Å². The highest BCUT2D eigenvalue weighted by molar-refractivity contribution is 5.61. The molecule has 42 heavy (non-hydrogen) atoms. The third-order valence-corrected chi connectivity index (χ3v) is 6.57. The van der Waals surface area contributed by atoms with Crippen LogP contribution in [0.1, 0.15) is 49.2 Å². The molecular formula is C31H39F3N6O2. The summed E-state index contributed by atoms with van der Waals surface area (Å²) >= 11 is 0. The van der Waals surface area contributed by atoms with Crippen molar-refractivity contribution in [1.29, 1.82) is 0 Å². The average molecular weight is 585 g/mol. The summed E-state index contributed by atoms with van der Waals surface area (Å²) in [4.78, 5) is 15.1. The lowest BCUT2D eigenvalue weighted by Crippen LogP contribution is -2.32. The summed E-state index contributed by atoms with van der Waals surface area (Å²) in [5.74, 6) is 1.79. The molecule has 226 valence electrons. The molecule has 0 spiro atoms. The SMILES string of the molecule is C=C1NCCCN(CC(C)C)CCCOc2ccc(cc2)CNc2nc(nc(OCC(F)(F)F)n2)Cc2ccc1cc2. The fourth-order valence-electron chi connectivity index (χ4n) is 4.59. The van der Waals surface area contributed by atoms with Gasteiger partial charge in [0.1, 0.15) is 11.6 Å². The van der Waals surface area contributed by atoms with Crippen LogP contribution < -0.4 is 20.1 Å². The summed E-state index contributed by atoms with van der Waals surface area (Å²) < 4.78 is 49.2. The van der Waals surface area contributed by atoms with Crippen LogP contribution >= 0.6 is 0 Å². The summed E-state index contributed by atoms with van der Waals surface area (Å²) in [6.07, 6.45) is -2.32. The standard InChI is InChI=1S/C31H39F3N6O2/c1-22(2)20-40-15-4-14-35-23(3)26-10-6-24(7-11-26)18-28-37-29(39-30(38-28)42-21-31(32,33)34)36-19-25-8-12-27(13-9-25)41-17-5-16-40/h6-13,22,35H,3-5,14-21H2,1-2H3,(H,36,37,38,39). The van der Waals surface area contributed by atoms with Gasteiger partial charge in [-0.1, -0.05) is 56.8 Å². The summed E-state index contributed by atoms with van der Waals surface area (Å²) in [5.41, 5.74) is 3.62. The molecule has 0 radical (unpaired) electrons. The molecule has 2 N–H and O–H groups in total. The Morgan fingerprint density at radius 2 is 1.67 bits per heavy atom. The molecule has 0 saturated carbocycles. The molecule has 4 aliphatic heterocycles. The molecule has 6 bridgehead atoms. The fraction of sp³-hybridized carbons (Fsp3) is 0.452. The van der Waals surface area contributed by atoms with E-state index in [4.69, 9.17) is 9.47 Å². The highest BCUT2D eigenvalue weighted by Gasteiger charge is 2.29. The summed E-state index contributed by atoms with van der Waals surface area (Å²) in [5, 5.41) is 6.50. The summed E-state index contributed by atoms with van der Waals surface area (Å²) in [7, 11) is 0. The number of alkyl halides is 3. The number of anilines is 1. The number of nitrogens with zero attached hydrogens (tertiary/aromatic N) is 4. The minimum Gasteiger partial charge on any atom is -0.494 e. The zero-order chi connectivity index (χ0) is 30.0. The first kappa shape index (κ1) is 31.1. The molecule has 5 heterocycles. The quantitative estimate of drug-likeness (QED) is 0.404. The van der Waals surface area contributed by atoms with Gasteiger partial charge in [0.05, 0.1) is 6.61 Å². The predicted molar refractivity (Wildman–Crippen MR) is 157 cm³/mol. The topological polar surface area (TPSA) is 84.4 Å². The molecule has 3 aromatic rings. The third kappa shape index (κ3) is 10.5. The van der Waals surface area contributed by atoms with E-state index in [1.54, 1.807) is 0 Å². The van der Waals surface area contributed by atoms with E-state index in [1.165, 1.54) is 0 Å². The number of aromatic nitrogens is 3.